The van der Waals surface area contributed by atoms with E-state index in [0.29, 0.717) is 69.2 Å². The van der Waals surface area contributed by atoms with Crippen LogP contribution in [0.25, 0.3) is 0 Å². The maximum Gasteiger partial charge on any atom is 0.252 e. The number of anilines is 4. The molecule has 4 aliphatic heterocycles. The lowest BCUT2D eigenvalue weighted by Crippen LogP contribution is -2.56. The largest absolute Gasteiger partial charge is 0.394 e. The molecule has 4 aliphatic rings. The van der Waals surface area contributed by atoms with E-state index >= 15 is 0 Å². The zero-order chi connectivity index (χ0) is 75.8. The van der Waals surface area contributed by atoms with E-state index in [1.54, 1.807) is 125 Å². The molecule has 8 N–H and O–H groups in total. The fourth-order valence-corrected chi connectivity index (χ4v) is 23.0. The van der Waals surface area contributed by atoms with Crippen LogP contribution in [0.15, 0.2) is 184 Å². The lowest BCUT2D eigenvalue weighted by atomic mass is 9.98. The molecule has 4 fully saturated rings. The number of aliphatic hydroxyl groups excluding tert-OH is 4. The minimum absolute atomic E-state index is 0.135. The molecule has 4 saturated heterocycles. The predicted octanol–water partition coefficient (Wildman–Crippen LogP) is 7.39. The molecule has 0 amide bonds. The van der Waals surface area contributed by atoms with Gasteiger partial charge in [0.05, 0.1) is 73.0 Å². The van der Waals surface area contributed by atoms with Crippen LogP contribution in [0.2, 0.25) is 0 Å². The fourth-order valence-electron chi connectivity index (χ4n) is 12.6. The third-order valence-corrected chi connectivity index (χ3v) is 31.6. The Balaban J connectivity index is 0.000000161. The Morgan fingerprint density at radius 2 is 0.471 bits per heavy atom. The summed E-state index contributed by atoms with van der Waals surface area (Å²) in [6.45, 7) is 17.7. The highest BCUT2D eigenvalue weighted by atomic mass is 32.3. The highest BCUT2D eigenvalue weighted by Gasteiger charge is 2.40. The van der Waals surface area contributed by atoms with Crippen LogP contribution < -0.4 is 19.6 Å². The number of rotatable bonds is 20. The van der Waals surface area contributed by atoms with Gasteiger partial charge in [0.15, 0.2) is 0 Å². The van der Waals surface area contributed by atoms with Crippen molar-refractivity contribution in [3.8, 4) is 0 Å². The quantitative estimate of drug-likeness (QED) is 0.0369. The molecule has 568 valence electrons. The molecule has 104 heavy (non-hydrogen) atoms. The summed E-state index contributed by atoms with van der Waals surface area (Å²) in [5.74, 6) is 0. The van der Waals surface area contributed by atoms with Gasteiger partial charge in [-0.05, 0) is 172 Å². The summed E-state index contributed by atoms with van der Waals surface area (Å²) in [7, 11) is -14.0. The summed E-state index contributed by atoms with van der Waals surface area (Å²) in [6.07, 6.45) is 0. The Bertz CT molecular complexity index is 3880. The van der Waals surface area contributed by atoms with Crippen LogP contribution >= 0.6 is 45.3 Å². The SMILES string of the molecule is CC(C)(O)c1ccc(N2CCN(S(=O)(=O)c3cccs3)C[C@@H]2CO)cc1.CC(C)(O)c1ccc(N2CCN(S(=O)(=O)c3cccs3)C[C@@H]2CO)cc1.CC(C)(O)c1ccc(N2CCN(S(=O)(=O)c3cccs3)C[C@H]2CO)cc1.CC(C)(O)c1ccc(N2CCN(S(=O)(=O)c3cccs3)C[C@H]2CO)cc1. The molecule has 8 heterocycles. The van der Waals surface area contributed by atoms with E-state index in [1.807, 2.05) is 117 Å². The molecule has 0 spiro atoms. The van der Waals surface area contributed by atoms with Crippen molar-refractivity contribution in [3.05, 3.63) is 189 Å². The van der Waals surface area contributed by atoms with E-state index in [-0.39, 0.29) is 76.8 Å². The van der Waals surface area contributed by atoms with Crippen LogP contribution in [-0.2, 0) is 62.5 Å². The van der Waals surface area contributed by atoms with Gasteiger partial charge in [-0.1, -0.05) is 72.8 Å². The molecule has 12 rings (SSSR count). The molecule has 4 aromatic heterocycles. The van der Waals surface area contributed by atoms with Crippen LogP contribution in [-0.4, -0.2) is 221 Å². The van der Waals surface area contributed by atoms with E-state index in [1.165, 1.54) is 62.6 Å². The summed E-state index contributed by atoms with van der Waals surface area (Å²) in [5, 5.41) is 86.6. The fraction of sp³-hybridized carbons (Fsp3) is 0.444. The standard InChI is InChI=1S/4C18H24N2O4S2/c4*1-18(2,22)14-5-7-15(8-6-14)20-10-9-19(12-16(20)13-21)26(23,24)17-4-3-11-25-17/h4*3-8,11,16,21-22H,9-10,12-13H2,1-2H3/t4*16-/m1100/s1. The summed E-state index contributed by atoms with van der Waals surface area (Å²) >= 11 is 4.82. The van der Waals surface area contributed by atoms with Crippen molar-refractivity contribution in [2.24, 2.45) is 0 Å². The van der Waals surface area contributed by atoms with Gasteiger partial charge in [0.1, 0.15) is 16.8 Å². The van der Waals surface area contributed by atoms with E-state index in [9.17, 15) is 74.5 Å². The van der Waals surface area contributed by atoms with Gasteiger partial charge in [0.2, 0.25) is 0 Å². The summed E-state index contributed by atoms with van der Waals surface area (Å²) in [4.78, 5) is 8.09. The van der Waals surface area contributed by atoms with Crippen molar-refractivity contribution in [1.29, 1.82) is 0 Å². The van der Waals surface area contributed by atoms with Crippen molar-refractivity contribution >= 4 is 108 Å². The number of sulfonamides is 4. The van der Waals surface area contributed by atoms with Gasteiger partial charge in [0, 0.05) is 101 Å². The van der Waals surface area contributed by atoms with Crippen LogP contribution in [0, 0.1) is 0 Å². The molecule has 0 bridgehead atoms. The zero-order valence-corrected chi connectivity index (χ0v) is 66.0. The second-order valence-corrected chi connectivity index (χ2v) is 40.2. The zero-order valence-electron chi connectivity index (χ0n) is 59.5. The summed E-state index contributed by atoms with van der Waals surface area (Å²) in [5.41, 5.74) is 3.20. The highest BCUT2D eigenvalue weighted by Crippen LogP contribution is 2.35. The van der Waals surface area contributed by atoms with Crippen molar-refractivity contribution in [2.75, 3.05) is 125 Å². The van der Waals surface area contributed by atoms with Crippen molar-refractivity contribution in [1.82, 2.24) is 17.2 Å². The average Bonchev–Trinajstić information content (AvgIpc) is 1.25. The minimum Gasteiger partial charge on any atom is -0.394 e. The second kappa shape index (κ2) is 34.2. The molecule has 0 aliphatic carbocycles. The lowest BCUT2D eigenvalue weighted by Gasteiger charge is -2.41. The van der Waals surface area contributed by atoms with E-state index < -0.39 is 62.5 Å². The third-order valence-electron chi connectivity index (χ3n) is 18.6. The molecule has 8 aromatic rings. The van der Waals surface area contributed by atoms with Crippen LogP contribution in [0.5, 0.6) is 0 Å². The Morgan fingerprint density at radius 1 is 0.298 bits per heavy atom. The van der Waals surface area contributed by atoms with Gasteiger partial charge in [-0.15, -0.1) is 45.3 Å². The van der Waals surface area contributed by atoms with Gasteiger partial charge in [-0.2, -0.15) is 17.2 Å². The topological polar surface area (TPSA) is 324 Å². The van der Waals surface area contributed by atoms with Gasteiger partial charge in [0.25, 0.3) is 40.1 Å². The van der Waals surface area contributed by atoms with Crippen LogP contribution in [0.3, 0.4) is 0 Å². The highest BCUT2D eigenvalue weighted by molar-refractivity contribution is 7.92. The van der Waals surface area contributed by atoms with E-state index in [4.69, 9.17) is 0 Å². The first kappa shape index (κ1) is 82.3. The van der Waals surface area contributed by atoms with Gasteiger partial charge in [-0.3, -0.25) is 0 Å². The van der Waals surface area contributed by atoms with Crippen LogP contribution in [0.1, 0.15) is 77.6 Å². The molecule has 4 aromatic carbocycles. The maximum atomic E-state index is 12.7. The second-order valence-electron chi connectivity index (χ2n) is 27.7. The number of thiophene rings is 4. The number of hydrogen-bond donors (Lipinski definition) is 8. The normalized spacial score (nSPS) is 19.7. The molecule has 0 unspecified atom stereocenters. The van der Waals surface area contributed by atoms with Gasteiger partial charge >= 0.3 is 0 Å². The van der Waals surface area contributed by atoms with Crippen molar-refractivity contribution < 1.29 is 74.5 Å². The minimum atomic E-state index is -3.51. The smallest absolute Gasteiger partial charge is 0.252 e. The average molecular weight is 1590 g/mol. The first-order valence-corrected chi connectivity index (χ1v) is 43.2. The van der Waals surface area contributed by atoms with E-state index in [2.05, 4.69) is 0 Å². The number of aliphatic hydroxyl groups is 8. The third kappa shape index (κ3) is 19.7. The van der Waals surface area contributed by atoms with Gasteiger partial charge in [-0.25, -0.2) is 33.7 Å². The molecule has 0 saturated carbocycles. The predicted molar refractivity (Wildman–Crippen MR) is 412 cm³/mol. The number of hydrogen-bond acceptors (Lipinski definition) is 24. The molecular weight excluding hydrogens is 1490 g/mol. The molecule has 4 atom stereocenters. The van der Waals surface area contributed by atoms with Crippen LogP contribution in [0.4, 0.5) is 22.7 Å². The molecule has 32 heteroatoms. The number of nitrogens with zero attached hydrogens (tertiary/aromatic N) is 8. The van der Waals surface area contributed by atoms with E-state index in [0.717, 1.165) is 45.0 Å². The summed E-state index contributed by atoms with van der Waals surface area (Å²) in [6, 6.07) is 42.2. The first-order valence-electron chi connectivity index (χ1n) is 33.9. The Morgan fingerprint density at radius 3 is 0.606 bits per heavy atom. The van der Waals surface area contributed by atoms with Gasteiger partial charge < -0.3 is 60.5 Å². The number of benzene rings is 4. The van der Waals surface area contributed by atoms with Crippen molar-refractivity contribution in [2.45, 2.75) is 119 Å². The molecular formula is C72H96N8O16S8. The Kier molecular flexibility index (Phi) is 27.0. The maximum absolute atomic E-state index is 12.7. The Labute approximate surface area is 628 Å². The first-order chi connectivity index (χ1) is 48.9. The lowest BCUT2D eigenvalue weighted by molar-refractivity contribution is 0.0780. The molecule has 24 nitrogen and oxygen atoms in total. The summed E-state index contributed by atoms with van der Waals surface area (Å²) < 4.78 is 109. The number of piperazine rings is 4. The van der Waals surface area contributed by atoms with Crippen molar-refractivity contribution in [3.63, 3.8) is 0 Å². The Hall–Kier alpha value is -5.80. The monoisotopic (exact) mass is 1580 g/mol. The molecule has 0 radical (unpaired) electrons.